The van der Waals surface area contributed by atoms with Crippen molar-refractivity contribution in [2.75, 3.05) is 19.8 Å². The molecule has 0 aromatic rings. The summed E-state index contributed by atoms with van der Waals surface area (Å²) in [7, 11) is -4.31. The number of carbonyl (C=O) groups is 1. The fourth-order valence-corrected chi connectivity index (χ4v) is 7.48. The number of aliphatic hydroxyl groups is 1. The molecule has 52 heavy (non-hydrogen) atoms. The van der Waals surface area contributed by atoms with Crippen molar-refractivity contribution < 1.29 is 28.4 Å². The molecule has 310 valence electrons. The van der Waals surface area contributed by atoms with Crippen molar-refractivity contribution in [2.45, 2.75) is 238 Å². The van der Waals surface area contributed by atoms with Gasteiger partial charge in [-0.15, -0.1) is 0 Å². The summed E-state index contributed by atoms with van der Waals surface area (Å²) < 4.78 is 22.2. The summed E-state index contributed by atoms with van der Waals surface area (Å²) in [6.07, 6.45) is 43.7. The monoisotopic (exact) mass is 759 g/mol. The molecular weight excluding hydrogens is 671 g/mol. The van der Waals surface area contributed by atoms with E-state index >= 15 is 0 Å². The molecule has 0 fully saturated rings. The van der Waals surface area contributed by atoms with Crippen molar-refractivity contribution in [1.82, 2.24) is 5.32 Å². The number of hydrogen-bond donors (Lipinski definition) is 4. The van der Waals surface area contributed by atoms with Crippen molar-refractivity contribution in [2.24, 2.45) is 5.73 Å². The second kappa shape index (κ2) is 39.9. The quantitative estimate of drug-likeness (QED) is 0.0277. The van der Waals surface area contributed by atoms with Gasteiger partial charge < -0.3 is 21.1 Å². The van der Waals surface area contributed by atoms with Gasteiger partial charge in [0.2, 0.25) is 5.91 Å². The molecule has 3 unspecified atom stereocenters. The number of rotatable bonds is 42. The van der Waals surface area contributed by atoms with Crippen molar-refractivity contribution in [1.29, 1.82) is 0 Å². The summed E-state index contributed by atoms with van der Waals surface area (Å²) in [5, 5.41) is 13.8. The zero-order valence-corrected chi connectivity index (χ0v) is 35.2. The Kier molecular flexibility index (Phi) is 39.3. The molecule has 0 aliphatic rings. The average molecular weight is 759 g/mol. The molecule has 0 saturated heterocycles. The van der Waals surface area contributed by atoms with Gasteiger partial charge in [-0.05, 0) is 38.5 Å². The zero-order valence-electron chi connectivity index (χ0n) is 34.3. The fourth-order valence-electron chi connectivity index (χ4n) is 6.72. The van der Waals surface area contributed by atoms with Crippen LogP contribution in [0.3, 0.4) is 0 Å². The van der Waals surface area contributed by atoms with E-state index in [9.17, 15) is 19.4 Å². The highest BCUT2D eigenvalue weighted by molar-refractivity contribution is 7.47. The van der Waals surface area contributed by atoms with Crippen LogP contribution in [0.5, 0.6) is 0 Å². The van der Waals surface area contributed by atoms with E-state index in [4.69, 9.17) is 14.8 Å². The average Bonchev–Trinajstić information content (AvgIpc) is 3.13. The number of nitrogens with one attached hydrogen (secondary N) is 1. The van der Waals surface area contributed by atoms with Gasteiger partial charge in [0, 0.05) is 13.0 Å². The fraction of sp³-hybridized carbons (Fsp3) is 0.930. The lowest BCUT2D eigenvalue weighted by Crippen LogP contribution is -2.46. The van der Waals surface area contributed by atoms with Gasteiger partial charge in [0.05, 0.1) is 25.4 Å². The van der Waals surface area contributed by atoms with Crippen molar-refractivity contribution in [3.63, 3.8) is 0 Å². The van der Waals surface area contributed by atoms with Crippen LogP contribution in [0, 0.1) is 0 Å². The lowest BCUT2D eigenvalue weighted by molar-refractivity contribution is -0.123. The topological polar surface area (TPSA) is 131 Å². The third-order valence-corrected chi connectivity index (χ3v) is 11.1. The van der Waals surface area contributed by atoms with Gasteiger partial charge in [-0.25, -0.2) is 4.57 Å². The molecule has 3 atom stereocenters. The van der Waals surface area contributed by atoms with Crippen LogP contribution in [0.4, 0.5) is 0 Å². The zero-order chi connectivity index (χ0) is 38.2. The second-order valence-corrected chi connectivity index (χ2v) is 16.7. The van der Waals surface area contributed by atoms with Crippen LogP contribution in [-0.2, 0) is 18.4 Å². The number of phosphoric acid groups is 1. The van der Waals surface area contributed by atoms with Gasteiger partial charge in [0.1, 0.15) is 0 Å². The van der Waals surface area contributed by atoms with E-state index in [2.05, 4.69) is 31.3 Å². The van der Waals surface area contributed by atoms with Crippen LogP contribution < -0.4 is 11.1 Å². The summed E-state index contributed by atoms with van der Waals surface area (Å²) in [5.41, 5.74) is 5.38. The van der Waals surface area contributed by atoms with E-state index in [1.54, 1.807) is 0 Å². The first-order valence-corrected chi connectivity index (χ1v) is 23.8. The Labute approximate surface area is 322 Å². The minimum atomic E-state index is -4.31. The summed E-state index contributed by atoms with van der Waals surface area (Å²) in [6.45, 7) is 4.19. The van der Waals surface area contributed by atoms with E-state index in [0.29, 0.717) is 12.8 Å². The Balaban J connectivity index is 4.07. The van der Waals surface area contributed by atoms with Crippen LogP contribution in [0.1, 0.15) is 226 Å². The minimum Gasteiger partial charge on any atom is -0.391 e. The van der Waals surface area contributed by atoms with Crippen LogP contribution in [0.2, 0.25) is 0 Å². The maximum atomic E-state index is 12.7. The highest BCUT2D eigenvalue weighted by Gasteiger charge is 2.27. The Morgan fingerprint density at radius 3 is 1.46 bits per heavy atom. The van der Waals surface area contributed by atoms with Crippen LogP contribution in [0.25, 0.3) is 0 Å². The third-order valence-electron chi connectivity index (χ3n) is 10.1. The molecule has 0 aromatic heterocycles. The number of amides is 1. The van der Waals surface area contributed by atoms with Crippen molar-refractivity contribution >= 4 is 13.7 Å². The van der Waals surface area contributed by atoms with Crippen LogP contribution in [-0.4, -0.2) is 47.8 Å². The molecule has 0 spiro atoms. The molecule has 9 heteroatoms. The Morgan fingerprint density at radius 2 is 1.00 bits per heavy atom. The SMILES string of the molecule is CCCCC/C=C\CCCCCCCC(=O)NC(COP(=O)(O)OCCN)C(O)CCCCCCCCCCCCCCCCCCCCCCC. The largest absolute Gasteiger partial charge is 0.472 e. The lowest BCUT2D eigenvalue weighted by atomic mass is 10.0. The number of carbonyl (C=O) groups excluding carboxylic acids is 1. The molecule has 0 aliphatic heterocycles. The van der Waals surface area contributed by atoms with E-state index < -0.39 is 20.0 Å². The first-order valence-electron chi connectivity index (χ1n) is 22.3. The summed E-state index contributed by atoms with van der Waals surface area (Å²) in [5.74, 6) is -0.169. The Hall–Kier alpha value is -0.760. The molecule has 8 nitrogen and oxygen atoms in total. The molecular formula is C43H87N2O6P. The number of nitrogens with two attached hydrogens (primary N) is 1. The normalized spacial score (nSPS) is 14.2. The smallest absolute Gasteiger partial charge is 0.391 e. The highest BCUT2D eigenvalue weighted by Crippen LogP contribution is 2.43. The van der Waals surface area contributed by atoms with Gasteiger partial charge in [-0.1, -0.05) is 193 Å². The van der Waals surface area contributed by atoms with Gasteiger partial charge in [-0.2, -0.15) is 0 Å². The van der Waals surface area contributed by atoms with Gasteiger partial charge >= 0.3 is 7.82 Å². The number of aliphatic hydroxyl groups excluding tert-OH is 1. The van der Waals surface area contributed by atoms with Gasteiger partial charge in [-0.3, -0.25) is 13.8 Å². The van der Waals surface area contributed by atoms with Crippen LogP contribution >= 0.6 is 7.82 Å². The number of allylic oxidation sites excluding steroid dienone is 2. The Bertz CT molecular complexity index is 829. The number of phosphoric ester groups is 1. The number of hydrogen-bond acceptors (Lipinski definition) is 6. The number of unbranched alkanes of at least 4 members (excludes halogenated alkanes) is 28. The molecule has 0 rings (SSSR count). The highest BCUT2D eigenvalue weighted by atomic mass is 31.2. The molecule has 0 aliphatic carbocycles. The minimum absolute atomic E-state index is 0.0892. The summed E-state index contributed by atoms with van der Waals surface area (Å²) >= 11 is 0. The predicted molar refractivity (Wildman–Crippen MR) is 222 cm³/mol. The Morgan fingerprint density at radius 1 is 0.615 bits per heavy atom. The van der Waals surface area contributed by atoms with Crippen molar-refractivity contribution in [3.8, 4) is 0 Å². The van der Waals surface area contributed by atoms with E-state index in [1.165, 1.54) is 148 Å². The molecule has 0 bridgehead atoms. The maximum Gasteiger partial charge on any atom is 0.472 e. The van der Waals surface area contributed by atoms with Crippen molar-refractivity contribution in [3.05, 3.63) is 12.2 Å². The predicted octanol–water partition coefficient (Wildman–Crippen LogP) is 12.4. The molecule has 0 radical (unpaired) electrons. The third kappa shape index (κ3) is 37.6. The molecule has 1 amide bonds. The van der Waals surface area contributed by atoms with E-state index in [-0.39, 0.29) is 25.7 Å². The second-order valence-electron chi connectivity index (χ2n) is 15.3. The first kappa shape index (κ1) is 51.2. The summed E-state index contributed by atoms with van der Waals surface area (Å²) in [4.78, 5) is 22.7. The molecule has 0 saturated carbocycles. The van der Waals surface area contributed by atoms with Gasteiger partial charge in [0.25, 0.3) is 0 Å². The lowest BCUT2D eigenvalue weighted by Gasteiger charge is -2.25. The van der Waals surface area contributed by atoms with E-state index in [1.807, 2.05) is 0 Å². The maximum absolute atomic E-state index is 12.7. The molecule has 0 aromatic carbocycles. The molecule has 5 N–H and O–H groups in total. The first-order chi connectivity index (χ1) is 25.4. The van der Waals surface area contributed by atoms with E-state index in [0.717, 1.165) is 51.4 Å². The summed E-state index contributed by atoms with van der Waals surface area (Å²) in [6, 6.07) is -0.774. The van der Waals surface area contributed by atoms with Gasteiger partial charge in [0.15, 0.2) is 0 Å². The van der Waals surface area contributed by atoms with Crippen LogP contribution in [0.15, 0.2) is 12.2 Å². The standard InChI is InChI=1S/C43H87N2O6P/c1-3-5-7-9-11-13-15-17-18-19-20-21-22-23-24-25-26-28-30-32-34-36-42(46)41(40-51-52(48,49)50-39-38-44)45-43(47)37-35-33-31-29-27-16-14-12-10-8-6-4-2/h12,14,41-42,46H,3-11,13,15-40,44H2,1-2H3,(H,45,47)(H,48,49)/b14-12-. The molecule has 0 heterocycles.